The van der Waals surface area contributed by atoms with Gasteiger partial charge < -0.3 is 14.2 Å². The van der Waals surface area contributed by atoms with Crippen LogP contribution in [0.1, 0.15) is 48.7 Å². The fourth-order valence-corrected chi connectivity index (χ4v) is 4.27. The molecular weight excluding hydrogens is 333 g/mol. The zero-order chi connectivity index (χ0) is 18.3. The summed E-state index contributed by atoms with van der Waals surface area (Å²) < 4.78 is 21.5. The number of carbonyl (C=O) groups is 1. The number of hydrogen-bond donors (Lipinski definition) is 0. The highest BCUT2D eigenvalue weighted by atomic mass is 19.1. The normalized spacial score (nSPS) is 25.8. The lowest BCUT2D eigenvalue weighted by molar-refractivity contribution is -0.147. The molecule has 1 aromatic heterocycles. The van der Waals surface area contributed by atoms with E-state index in [4.69, 9.17) is 4.74 Å². The van der Waals surface area contributed by atoms with Crippen molar-refractivity contribution in [1.82, 2.24) is 14.5 Å². The number of hydrogen-bond acceptors (Lipinski definition) is 3. The molecule has 1 unspecified atom stereocenters. The average molecular weight is 357 g/mol. The summed E-state index contributed by atoms with van der Waals surface area (Å²) in [6.07, 6.45) is 4.29. The van der Waals surface area contributed by atoms with E-state index in [0.717, 1.165) is 36.2 Å². The SMILES string of the molecule is C[C@@H]1[C@@H](c2cccc(F)c2)OCCN1C(=O)C1CCCc2c1ncn2C. The van der Waals surface area contributed by atoms with Gasteiger partial charge in [0.2, 0.25) is 5.91 Å². The predicted octanol–water partition coefficient (Wildman–Crippen LogP) is 2.97. The van der Waals surface area contributed by atoms with E-state index in [1.54, 1.807) is 12.4 Å². The predicted molar refractivity (Wildman–Crippen MR) is 95.2 cm³/mol. The number of imidazole rings is 1. The van der Waals surface area contributed by atoms with Crippen LogP contribution in [-0.2, 0) is 23.0 Å². The maximum Gasteiger partial charge on any atom is 0.232 e. The molecule has 138 valence electrons. The first-order valence-corrected chi connectivity index (χ1v) is 9.24. The number of amides is 1. The van der Waals surface area contributed by atoms with E-state index in [1.165, 1.54) is 12.1 Å². The van der Waals surface area contributed by atoms with Crippen molar-refractivity contribution in [2.75, 3.05) is 13.2 Å². The molecule has 3 atom stereocenters. The Kier molecular flexibility index (Phi) is 4.53. The Hall–Kier alpha value is -2.21. The molecule has 5 nitrogen and oxygen atoms in total. The molecule has 6 heteroatoms. The van der Waals surface area contributed by atoms with Crippen LogP contribution >= 0.6 is 0 Å². The Morgan fingerprint density at radius 2 is 2.23 bits per heavy atom. The van der Waals surface area contributed by atoms with Crippen molar-refractivity contribution in [3.05, 3.63) is 53.4 Å². The number of carbonyl (C=O) groups excluding carboxylic acids is 1. The van der Waals surface area contributed by atoms with Gasteiger partial charge in [0.05, 0.1) is 30.6 Å². The summed E-state index contributed by atoms with van der Waals surface area (Å²) in [4.78, 5) is 19.7. The number of morpholine rings is 1. The van der Waals surface area contributed by atoms with Crippen LogP contribution in [0.5, 0.6) is 0 Å². The van der Waals surface area contributed by atoms with Crippen molar-refractivity contribution in [3.8, 4) is 0 Å². The number of nitrogens with zero attached hydrogens (tertiary/aromatic N) is 3. The molecule has 0 N–H and O–H groups in total. The minimum absolute atomic E-state index is 0.113. The molecule has 1 aromatic carbocycles. The molecule has 0 spiro atoms. The van der Waals surface area contributed by atoms with Gasteiger partial charge in [0.25, 0.3) is 0 Å². The molecule has 1 saturated heterocycles. The molecule has 1 aliphatic heterocycles. The molecule has 1 fully saturated rings. The maximum atomic E-state index is 13.6. The third kappa shape index (κ3) is 2.92. The van der Waals surface area contributed by atoms with Gasteiger partial charge in [0.15, 0.2) is 0 Å². The average Bonchev–Trinajstić information content (AvgIpc) is 3.03. The van der Waals surface area contributed by atoms with Gasteiger partial charge in [-0.2, -0.15) is 0 Å². The summed E-state index contributed by atoms with van der Waals surface area (Å²) in [5, 5.41) is 0. The fraction of sp³-hybridized carbons (Fsp3) is 0.500. The first-order valence-electron chi connectivity index (χ1n) is 9.24. The standard InChI is InChI=1S/C20H24FN3O2/c1-13-19(14-5-3-6-15(21)11-14)26-10-9-24(13)20(25)16-7-4-8-17-18(16)22-12-23(17)2/h3,5-6,11-13,16,19H,4,7-10H2,1-2H3/t13-,16?,19+/m1/s1. The zero-order valence-corrected chi connectivity index (χ0v) is 15.2. The van der Waals surface area contributed by atoms with Crippen molar-refractivity contribution < 1.29 is 13.9 Å². The molecule has 2 aromatic rings. The molecular formula is C20H24FN3O2. The molecule has 2 aliphatic rings. The van der Waals surface area contributed by atoms with Crippen LogP contribution in [0.15, 0.2) is 30.6 Å². The number of halogens is 1. The lowest BCUT2D eigenvalue weighted by atomic mass is 9.87. The number of aromatic nitrogens is 2. The number of aryl methyl sites for hydroxylation is 1. The molecule has 4 rings (SSSR count). The van der Waals surface area contributed by atoms with Gasteiger partial charge in [-0.05, 0) is 43.9 Å². The summed E-state index contributed by atoms with van der Waals surface area (Å²) >= 11 is 0. The Labute approximate surface area is 152 Å². The van der Waals surface area contributed by atoms with Crippen LogP contribution in [0.25, 0.3) is 0 Å². The van der Waals surface area contributed by atoms with E-state index in [9.17, 15) is 9.18 Å². The van der Waals surface area contributed by atoms with E-state index in [1.807, 2.05) is 29.5 Å². The summed E-state index contributed by atoms with van der Waals surface area (Å²) in [6.45, 7) is 3.00. The third-order valence-corrected chi connectivity index (χ3v) is 5.65. The van der Waals surface area contributed by atoms with Gasteiger partial charge in [0, 0.05) is 19.3 Å². The molecule has 2 heterocycles. The highest BCUT2D eigenvalue weighted by Gasteiger charge is 2.38. The fourth-order valence-electron chi connectivity index (χ4n) is 4.27. The topological polar surface area (TPSA) is 47.4 Å². The number of rotatable bonds is 2. The minimum Gasteiger partial charge on any atom is -0.370 e. The second-order valence-electron chi connectivity index (χ2n) is 7.25. The van der Waals surface area contributed by atoms with Crippen LogP contribution < -0.4 is 0 Å². The van der Waals surface area contributed by atoms with E-state index >= 15 is 0 Å². The van der Waals surface area contributed by atoms with Crippen LogP contribution in [0.3, 0.4) is 0 Å². The van der Waals surface area contributed by atoms with E-state index < -0.39 is 0 Å². The van der Waals surface area contributed by atoms with Crippen molar-refractivity contribution >= 4 is 5.91 Å². The van der Waals surface area contributed by atoms with E-state index in [-0.39, 0.29) is 29.8 Å². The minimum atomic E-state index is -0.310. The Bertz CT molecular complexity index is 819. The van der Waals surface area contributed by atoms with Crippen LogP contribution in [0.2, 0.25) is 0 Å². The highest BCUT2D eigenvalue weighted by molar-refractivity contribution is 5.84. The summed E-state index contributed by atoms with van der Waals surface area (Å²) in [5.74, 6) is -0.359. The van der Waals surface area contributed by atoms with Crippen molar-refractivity contribution in [1.29, 1.82) is 0 Å². The molecule has 0 saturated carbocycles. The largest absolute Gasteiger partial charge is 0.370 e. The van der Waals surface area contributed by atoms with Gasteiger partial charge in [-0.15, -0.1) is 0 Å². The Morgan fingerprint density at radius 1 is 1.38 bits per heavy atom. The number of benzene rings is 1. The van der Waals surface area contributed by atoms with Gasteiger partial charge in [-0.3, -0.25) is 4.79 Å². The summed E-state index contributed by atoms with van der Waals surface area (Å²) in [6, 6.07) is 6.31. The van der Waals surface area contributed by atoms with Crippen LogP contribution in [0.4, 0.5) is 4.39 Å². The zero-order valence-electron chi connectivity index (χ0n) is 15.2. The van der Waals surface area contributed by atoms with Crippen molar-refractivity contribution in [2.45, 2.75) is 44.2 Å². The number of ether oxygens (including phenoxy) is 1. The molecule has 1 aliphatic carbocycles. The smallest absolute Gasteiger partial charge is 0.232 e. The second kappa shape index (κ2) is 6.83. The molecule has 1 amide bonds. The Morgan fingerprint density at radius 3 is 3.04 bits per heavy atom. The molecule has 0 bridgehead atoms. The monoisotopic (exact) mass is 357 g/mol. The Balaban J connectivity index is 1.58. The quantitative estimate of drug-likeness (QED) is 0.830. The molecule has 0 radical (unpaired) electrons. The first kappa shape index (κ1) is 17.2. The third-order valence-electron chi connectivity index (χ3n) is 5.65. The van der Waals surface area contributed by atoms with Gasteiger partial charge in [0.1, 0.15) is 11.9 Å². The number of fused-ring (bicyclic) bond motifs is 1. The van der Waals surface area contributed by atoms with Crippen molar-refractivity contribution in [2.24, 2.45) is 7.05 Å². The van der Waals surface area contributed by atoms with E-state index in [2.05, 4.69) is 4.98 Å². The maximum absolute atomic E-state index is 13.6. The van der Waals surface area contributed by atoms with Crippen LogP contribution in [-0.4, -0.2) is 39.6 Å². The lowest BCUT2D eigenvalue weighted by Crippen LogP contribution is -2.50. The van der Waals surface area contributed by atoms with Crippen LogP contribution in [0, 0.1) is 5.82 Å². The van der Waals surface area contributed by atoms with Gasteiger partial charge in [-0.25, -0.2) is 9.37 Å². The second-order valence-corrected chi connectivity index (χ2v) is 7.25. The summed E-state index contributed by atoms with van der Waals surface area (Å²) in [5.41, 5.74) is 2.86. The lowest BCUT2D eigenvalue weighted by Gasteiger charge is -2.41. The van der Waals surface area contributed by atoms with Crippen molar-refractivity contribution in [3.63, 3.8) is 0 Å². The molecule has 26 heavy (non-hydrogen) atoms. The summed E-state index contributed by atoms with van der Waals surface area (Å²) in [7, 11) is 1.98. The van der Waals surface area contributed by atoms with Gasteiger partial charge >= 0.3 is 0 Å². The highest BCUT2D eigenvalue weighted by Crippen LogP contribution is 2.35. The first-order chi connectivity index (χ1) is 12.6. The van der Waals surface area contributed by atoms with Gasteiger partial charge in [-0.1, -0.05) is 12.1 Å². The van der Waals surface area contributed by atoms with E-state index in [0.29, 0.717) is 13.2 Å².